The number of hydrogen-bond donors (Lipinski definition) is 6. The van der Waals surface area contributed by atoms with Crippen molar-refractivity contribution in [3.8, 4) is 0 Å². The largest absolute Gasteiger partial charge is 0.395 e. The molecule has 248 valence electrons. The van der Waals surface area contributed by atoms with Crippen LogP contribution in [0.15, 0.2) is 37.0 Å². The molecule has 10 heteroatoms. The van der Waals surface area contributed by atoms with Crippen molar-refractivity contribution in [1.29, 1.82) is 0 Å². The van der Waals surface area contributed by atoms with Gasteiger partial charge < -0.3 is 50.0 Å². The lowest BCUT2D eigenvalue weighted by Crippen LogP contribution is -2.48. The molecule has 0 fully saturated rings. The zero-order valence-electron chi connectivity index (χ0n) is 26.7. The van der Waals surface area contributed by atoms with E-state index in [2.05, 4.69) is 36.3 Å². The second-order valence-electron chi connectivity index (χ2n) is 10.9. The van der Waals surface area contributed by atoms with Gasteiger partial charge in [0.05, 0.1) is 71.1 Å². The molecule has 0 saturated heterocycles. The molecule has 7 unspecified atom stereocenters. The first-order valence-corrected chi connectivity index (χ1v) is 15.5. The topological polar surface area (TPSA) is 142 Å². The Bertz CT molecular complexity index is 666. The van der Waals surface area contributed by atoms with E-state index in [1.165, 1.54) is 0 Å². The molecule has 0 rings (SSSR count). The van der Waals surface area contributed by atoms with Crippen LogP contribution in [0.1, 0.15) is 58.8 Å². The van der Waals surface area contributed by atoms with E-state index in [-0.39, 0.29) is 37.3 Å². The molecule has 0 aromatic carbocycles. The van der Waals surface area contributed by atoms with Gasteiger partial charge in [-0.25, -0.2) is 0 Å². The maximum atomic E-state index is 10.9. The second kappa shape index (κ2) is 28.6. The maximum Gasteiger partial charge on any atom is 0.0718 e. The lowest BCUT2D eigenvalue weighted by molar-refractivity contribution is 0.0427. The Morgan fingerprint density at radius 2 is 1.21 bits per heavy atom. The summed E-state index contributed by atoms with van der Waals surface area (Å²) in [4.78, 5) is 0. The molecule has 0 aliphatic carbocycles. The van der Waals surface area contributed by atoms with E-state index in [0.29, 0.717) is 65.3 Å². The van der Waals surface area contributed by atoms with Crippen LogP contribution in [0.3, 0.4) is 0 Å². The lowest BCUT2D eigenvalue weighted by Gasteiger charge is -2.28. The lowest BCUT2D eigenvalue weighted by atomic mass is 9.92. The van der Waals surface area contributed by atoms with E-state index in [4.69, 9.17) is 24.1 Å². The number of aliphatic hydroxyl groups excluding tert-OH is 4. The fourth-order valence-corrected chi connectivity index (χ4v) is 4.55. The predicted molar refractivity (Wildman–Crippen MR) is 169 cm³/mol. The highest BCUT2D eigenvalue weighted by Gasteiger charge is 2.22. The first-order chi connectivity index (χ1) is 20.3. The molecule has 6 N–H and O–H groups in total. The molecule has 0 amide bonds. The van der Waals surface area contributed by atoms with E-state index < -0.39 is 18.2 Å². The first-order valence-electron chi connectivity index (χ1n) is 15.5. The Labute approximate surface area is 255 Å². The molecule has 0 heterocycles. The van der Waals surface area contributed by atoms with Crippen molar-refractivity contribution in [2.75, 3.05) is 67.1 Å². The van der Waals surface area contributed by atoms with E-state index in [9.17, 15) is 15.3 Å². The van der Waals surface area contributed by atoms with Crippen molar-refractivity contribution in [2.45, 2.75) is 95.2 Å². The highest BCUT2D eigenvalue weighted by atomic mass is 16.5. The molecule has 0 aliphatic heterocycles. The van der Waals surface area contributed by atoms with Crippen molar-refractivity contribution in [2.24, 2.45) is 5.92 Å². The summed E-state index contributed by atoms with van der Waals surface area (Å²) in [6.45, 7) is 11.0. The number of hydrogen-bond acceptors (Lipinski definition) is 10. The Morgan fingerprint density at radius 3 is 1.71 bits per heavy atom. The van der Waals surface area contributed by atoms with Crippen LogP contribution < -0.4 is 10.6 Å². The average Bonchev–Trinajstić information content (AvgIpc) is 2.98. The van der Waals surface area contributed by atoms with E-state index >= 15 is 0 Å². The van der Waals surface area contributed by atoms with Gasteiger partial charge in [-0.15, -0.1) is 6.58 Å². The van der Waals surface area contributed by atoms with E-state index in [1.54, 1.807) is 20.3 Å². The number of methoxy groups -OCH3 is 2. The van der Waals surface area contributed by atoms with Crippen LogP contribution in [-0.4, -0.2) is 124 Å². The average molecular weight is 603 g/mol. The molecule has 0 radical (unpaired) electrons. The highest BCUT2D eigenvalue weighted by Crippen LogP contribution is 2.19. The van der Waals surface area contributed by atoms with Crippen molar-refractivity contribution in [3.63, 3.8) is 0 Å². The monoisotopic (exact) mass is 602 g/mol. The van der Waals surface area contributed by atoms with Crippen molar-refractivity contribution in [3.05, 3.63) is 37.0 Å². The molecule has 0 aromatic heterocycles. The zero-order chi connectivity index (χ0) is 31.4. The van der Waals surface area contributed by atoms with Gasteiger partial charge in [0.2, 0.25) is 0 Å². The number of aliphatic hydroxyl groups is 4. The summed E-state index contributed by atoms with van der Waals surface area (Å²) in [5.74, 6) is 0.260. The van der Waals surface area contributed by atoms with Gasteiger partial charge in [-0.1, -0.05) is 30.4 Å². The molecule has 7 atom stereocenters. The maximum absolute atomic E-state index is 10.9. The van der Waals surface area contributed by atoms with E-state index in [0.717, 1.165) is 19.3 Å². The Kier molecular flexibility index (Phi) is 27.8. The fourth-order valence-electron chi connectivity index (χ4n) is 4.55. The third kappa shape index (κ3) is 22.4. The van der Waals surface area contributed by atoms with Gasteiger partial charge in [0, 0.05) is 32.3 Å². The normalized spacial score (nSPS) is 17.3. The van der Waals surface area contributed by atoms with Crippen LogP contribution in [0.5, 0.6) is 0 Å². The molecule has 0 bridgehead atoms. The molecule has 0 aliphatic rings. The Balaban J connectivity index is 4.70. The van der Waals surface area contributed by atoms with Gasteiger partial charge >= 0.3 is 0 Å². The minimum atomic E-state index is -0.669. The minimum Gasteiger partial charge on any atom is -0.395 e. The van der Waals surface area contributed by atoms with Crippen LogP contribution in [0.25, 0.3) is 0 Å². The van der Waals surface area contributed by atoms with Crippen LogP contribution in [0, 0.1) is 5.92 Å². The van der Waals surface area contributed by atoms with Crippen LogP contribution in [0.4, 0.5) is 0 Å². The van der Waals surface area contributed by atoms with Gasteiger partial charge in [0.15, 0.2) is 0 Å². The molecule has 0 aromatic rings. The fraction of sp³-hybridized carbons (Fsp3) is 0.812. The Hall–Kier alpha value is -1.18. The van der Waals surface area contributed by atoms with Crippen LogP contribution in [-0.2, 0) is 18.9 Å². The number of nitrogens with one attached hydrogen (secondary N) is 2. The summed E-state index contributed by atoms with van der Waals surface area (Å²) in [7, 11) is 3.27. The molecule has 10 nitrogen and oxygen atoms in total. The smallest absolute Gasteiger partial charge is 0.0718 e. The van der Waals surface area contributed by atoms with Gasteiger partial charge in [-0.2, -0.15) is 0 Å². The van der Waals surface area contributed by atoms with Gasteiger partial charge in [0.1, 0.15) is 0 Å². The van der Waals surface area contributed by atoms with Crippen LogP contribution >= 0.6 is 0 Å². The van der Waals surface area contributed by atoms with Crippen molar-refractivity contribution in [1.82, 2.24) is 10.6 Å². The highest BCUT2D eigenvalue weighted by molar-refractivity contribution is 4.93. The predicted octanol–water partition coefficient (Wildman–Crippen LogP) is 2.36. The molecular weight excluding hydrogens is 540 g/mol. The van der Waals surface area contributed by atoms with E-state index in [1.807, 2.05) is 19.1 Å². The summed E-state index contributed by atoms with van der Waals surface area (Å²) < 4.78 is 21.2. The number of ether oxygens (including phenoxy) is 4. The third-order valence-corrected chi connectivity index (χ3v) is 7.04. The van der Waals surface area contributed by atoms with Gasteiger partial charge in [0.25, 0.3) is 0 Å². The summed E-state index contributed by atoms with van der Waals surface area (Å²) in [5, 5.41) is 47.0. The summed E-state index contributed by atoms with van der Waals surface area (Å²) in [5.41, 5.74) is 0. The molecule has 0 spiro atoms. The van der Waals surface area contributed by atoms with Gasteiger partial charge in [-0.05, 0) is 64.7 Å². The van der Waals surface area contributed by atoms with Crippen molar-refractivity contribution < 1.29 is 39.4 Å². The minimum absolute atomic E-state index is 0.00226. The second-order valence-corrected chi connectivity index (χ2v) is 10.9. The summed E-state index contributed by atoms with van der Waals surface area (Å²) >= 11 is 0. The molecular formula is C32H62N2O8. The summed E-state index contributed by atoms with van der Waals surface area (Å²) in [6.07, 6.45) is 13.6. The van der Waals surface area contributed by atoms with Gasteiger partial charge in [-0.3, -0.25) is 0 Å². The first kappa shape index (κ1) is 40.8. The number of rotatable bonds is 30. The van der Waals surface area contributed by atoms with Crippen LogP contribution in [0.2, 0.25) is 0 Å². The molecule has 0 saturated carbocycles. The standard InChI is InChI=1S/C32H62N2O8/c1-6-28(13-9-7-10-15-32(38)30(23-36)34-27(3)25-42-22-20-40-5)16-17-29(31(37)14-11-8-12-18-35)33-26(2)24-41-21-19-39-4/h6-9,12,26-38H,1,10-11,13-25H2,2-5H3/b9-7+,12-8+. The number of allylic oxidation sites excluding steroid dienone is 4. The zero-order valence-corrected chi connectivity index (χ0v) is 26.7. The quantitative estimate of drug-likeness (QED) is 0.0536. The SMILES string of the molecule is C=CC(C/C=C/CCC(O)C(CO)NC(C)COCCOC)CCC(NC(C)COCCOC)C(O)CC/C=C/CO. The Morgan fingerprint density at radius 1 is 0.690 bits per heavy atom. The summed E-state index contributed by atoms with van der Waals surface area (Å²) in [6, 6.07) is -0.433. The molecule has 42 heavy (non-hydrogen) atoms. The van der Waals surface area contributed by atoms with Crippen molar-refractivity contribution >= 4 is 0 Å². The third-order valence-electron chi connectivity index (χ3n) is 7.04.